The molecule has 0 radical (unpaired) electrons. The van der Waals surface area contributed by atoms with Crippen molar-refractivity contribution in [3.05, 3.63) is 35.4 Å². The van der Waals surface area contributed by atoms with Crippen LogP contribution in [0.3, 0.4) is 0 Å². The van der Waals surface area contributed by atoms with Gasteiger partial charge in [-0.2, -0.15) is 0 Å². The molecule has 1 fully saturated rings. The standard InChI is InChI=1S/C17H24N2O2/c1-2-18-16-11-21-10-15(16)17(20)19-14-8-7-12-5-3-4-6-13(12)9-14/h3-6,14-16,18H,2,7-11H2,1H3,(H,19,20). The molecule has 0 saturated carbocycles. The molecule has 4 nitrogen and oxygen atoms in total. The lowest BCUT2D eigenvalue weighted by atomic mass is 9.88. The monoisotopic (exact) mass is 288 g/mol. The van der Waals surface area contributed by atoms with Crippen molar-refractivity contribution < 1.29 is 9.53 Å². The van der Waals surface area contributed by atoms with E-state index < -0.39 is 0 Å². The van der Waals surface area contributed by atoms with Crippen LogP contribution in [0.2, 0.25) is 0 Å². The topological polar surface area (TPSA) is 50.4 Å². The van der Waals surface area contributed by atoms with Gasteiger partial charge < -0.3 is 15.4 Å². The molecule has 1 aromatic rings. The number of likely N-dealkylation sites (N-methyl/N-ethyl adjacent to an activating group) is 1. The SMILES string of the molecule is CCNC1COCC1C(=O)NC1CCc2ccccc2C1. The van der Waals surface area contributed by atoms with Crippen LogP contribution in [0.4, 0.5) is 0 Å². The number of benzene rings is 1. The summed E-state index contributed by atoms with van der Waals surface area (Å²) in [5.74, 6) is 0.0879. The van der Waals surface area contributed by atoms with Crippen molar-refractivity contribution in [1.82, 2.24) is 10.6 Å². The van der Waals surface area contributed by atoms with Crippen molar-refractivity contribution >= 4 is 5.91 Å². The second kappa shape index (κ2) is 6.58. The van der Waals surface area contributed by atoms with Gasteiger partial charge in [0.15, 0.2) is 0 Å². The van der Waals surface area contributed by atoms with Gasteiger partial charge in [-0.15, -0.1) is 0 Å². The third-order valence-electron chi connectivity index (χ3n) is 4.58. The van der Waals surface area contributed by atoms with Crippen LogP contribution >= 0.6 is 0 Å². The Bertz CT molecular complexity index is 503. The minimum atomic E-state index is -0.0536. The molecule has 1 aliphatic heterocycles. The number of rotatable bonds is 4. The number of aryl methyl sites for hydroxylation is 1. The third-order valence-corrected chi connectivity index (χ3v) is 4.58. The molecule has 21 heavy (non-hydrogen) atoms. The Morgan fingerprint density at radius 1 is 1.29 bits per heavy atom. The number of carbonyl (C=O) groups is 1. The highest BCUT2D eigenvalue weighted by atomic mass is 16.5. The summed E-state index contributed by atoms with van der Waals surface area (Å²) >= 11 is 0. The van der Waals surface area contributed by atoms with Crippen LogP contribution in [0, 0.1) is 5.92 Å². The highest BCUT2D eigenvalue weighted by Gasteiger charge is 2.34. The molecule has 2 N–H and O–H groups in total. The molecule has 3 atom stereocenters. The van der Waals surface area contributed by atoms with Gasteiger partial charge in [0.25, 0.3) is 0 Å². The van der Waals surface area contributed by atoms with E-state index in [0.29, 0.717) is 13.2 Å². The molecule has 3 unspecified atom stereocenters. The van der Waals surface area contributed by atoms with E-state index in [9.17, 15) is 4.79 Å². The maximum Gasteiger partial charge on any atom is 0.227 e. The minimum Gasteiger partial charge on any atom is -0.379 e. The summed E-state index contributed by atoms with van der Waals surface area (Å²) in [6.45, 7) is 4.10. The van der Waals surface area contributed by atoms with Crippen molar-refractivity contribution in [2.45, 2.75) is 38.3 Å². The first-order valence-electron chi connectivity index (χ1n) is 7.96. The van der Waals surface area contributed by atoms with Gasteiger partial charge in [0.05, 0.1) is 19.1 Å². The summed E-state index contributed by atoms with van der Waals surface area (Å²) in [6.07, 6.45) is 3.03. The number of hydrogen-bond donors (Lipinski definition) is 2. The van der Waals surface area contributed by atoms with Crippen LogP contribution in [0.15, 0.2) is 24.3 Å². The normalized spacial score (nSPS) is 28.1. The van der Waals surface area contributed by atoms with E-state index in [-0.39, 0.29) is 23.9 Å². The molecular weight excluding hydrogens is 264 g/mol. The average molecular weight is 288 g/mol. The van der Waals surface area contributed by atoms with Gasteiger partial charge in [0, 0.05) is 12.1 Å². The van der Waals surface area contributed by atoms with Crippen molar-refractivity contribution in [2.75, 3.05) is 19.8 Å². The van der Waals surface area contributed by atoms with E-state index in [1.807, 2.05) is 0 Å². The van der Waals surface area contributed by atoms with Crippen LogP contribution in [0.5, 0.6) is 0 Å². The molecule has 0 aromatic heterocycles. The predicted octanol–water partition coefficient (Wildman–Crippen LogP) is 1.28. The highest BCUT2D eigenvalue weighted by molar-refractivity contribution is 5.80. The summed E-state index contributed by atoms with van der Waals surface area (Å²) in [7, 11) is 0. The summed E-state index contributed by atoms with van der Waals surface area (Å²) < 4.78 is 5.47. The van der Waals surface area contributed by atoms with Crippen molar-refractivity contribution in [3.63, 3.8) is 0 Å². The molecule has 1 heterocycles. The van der Waals surface area contributed by atoms with E-state index >= 15 is 0 Å². The van der Waals surface area contributed by atoms with E-state index in [4.69, 9.17) is 4.74 Å². The Morgan fingerprint density at radius 3 is 2.90 bits per heavy atom. The lowest BCUT2D eigenvalue weighted by molar-refractivity contribution is -0.126. The summed E-state index contributed by atoms with van der Waals surface area (Å²) in [5.41, 5.74) is 2.80. The largest absolute Gasteiger partial charge is 0.379 e. The summed E-state index contributed by atoms with van der Waals surface area (Å²) in [5, 5.41) is 6.57. The maximum absolute atomic E-state index is 12.5. The molecular formula is C17H24N2O2. The Balaban J connectivity index is 1.59. The third kappa shape index (κ3) is 3.27. The quantitative estimate of drug-likeness (QED) is 0.877. The number of carbonyl (C=O) groups excluding carboxylic acids is 1. The fourth-order valence-corrected chi connectivity index (χ4v) is 3.41. The smallest absolute Gasteiger partial charge is 0.227 e. The molecule has 4 heteroatoms. The summed E-state index contributed by atoms with van der Waals surface area (Å²) in [6, 6.07) is 8.96. The van der Waals surface area contributed by atoms with Gasteiger partial charge in [0.1, 0.15) is 0 Å². The molecule has 1 saturated heterocycles. The van der Waals surface area contributed by atoms with Crippen molar-refractivity contribution in [2.24, 2.45) is 5.92 Å². The van der Waals surface area contributed by atoms with Gasteiger partial charge in [-0.25, -0.2) is 0 Å². The maximum atomic E-state index is 12.5. The zero-order valence-electron chi connectivity index (χ0n) is 12.6. The van der Waals surface area contributed by atoms with E-state index in [1.54, 1.807) is 0 Å². The van der Waals surface area contributed by atoms with Gasteiger partial charge >= 0.3 is 0 Å². The predicted molar refractivity (Wildman–Crippen MR) is 82.2 cm³/mol. The number of ether oxygens (including phenoxy) is 1. The van der Waals surface area contributed by atoms with Gasteiger partial charge in [-0.1, -0.05) is 31.2 Å². The van der Waals surface area contributed by atoms with E-state index in [2.05, 4.69) is 41.8 Å². The fraction of sp³-hybridized carbons (Fsp3) is 0.588. The molecule has 114 valence electrons. The molecule has 2 aliphatic rings. The molecule has 1 aliphatic carbocycles. The zero-order chi connectivity index (χ0) is 14.7. The number of amides is 1. The first-order chi connectivity index (χ1) is 10.3. The van der Waals surface area contributed by atoms with Crippen molar-refractivity contribution in [1.29, 1.82) is 0 Å². The molecule has 1 amide bonds. The fourth-order valence-electron chi connectivity index (χ4n) is 3.41. The second-order valence-electron chi connectivity index (χ2n) is 6.03. The minimum absolute atomic E-state index is 0.0536. The average Bonchev–Trinajstić information content (AvgIpc) is 2.96. The molecule has 0 spiro atoms. The van der Waals surface area contributed by atoms with Crippen molar-refractivity contribution in [3.8, 4) is 0 Å². The molecule has 1 aromatic carbocycles. The molecule has 0 bridgehead atoms. The zero-order valence-corrected chi connectivity index (χ0v) is 12.6. The van der Waals surface area contributed by atoms with Crippen LogP contribution in [-0.2, 0) is 22.4 Å². The highest BCUT2D eigenvalue weighted by Crippen LogP contribution is 2.22. The van der Waals surface area contributed by atoms with Crippen LogP contribution < -0.4 is 10.6 Å². The second-order valence-corrected chi connectivity index (χ2v) is 6.03. The van der Waals surface area contributed by atoms with Crippen LogP contribution in [0.25, 0.3) is 0 Å². The lowest BCUT2D eigenvalue weighted by Crippen LogP contribution is -2.48. The lowest BCUT2D eigenvalue weighted by Gasteiger charge is -2.27. The van der Waals surface area contributed by atoms with E-state index in [0.717, 1.165) is 25.8 Å². The number of hydrogen-bond acceptors (Lipinski definition) is 3. The number of fused-ring (bicyclic) bond motifs is 1. The van der Waals surface area contributed by atoms with Crippen LogP contribution in [-0.4, -0.2) is 37.7 Å². The van der Waals surface area contributed by atoms with Gasteiger partial charge in [-0.05, 0) is 36.9 Å². The van der Waals surface area contributed by atoms with E-state index in [1.165, 1.54) is 11.1 Å². The Labute approximate surface area is 126 Å². The van der Waals surface area contributed by atoms with Gasteiger partial charge in [-0.3, -0.25) is 4.79 Å². The Kier molecular flexibility index (Phi) is 4.56. The first kappa shape index (κ1) is 14.5. The van der Waals surface area contributed by atoms with Gasteiger partial charge in [0.2, 0.25) is 5.91 Å². The summed E-state index contributed by atoms with van der Waals surface area (Å²) in [4.78, 5) is 12.5. The molecule has 3 rings (SSSR count). The van der Waals surface area contributed by atoms with Crippen LogP contribution in [0.1, 0.15) is 24.5 Å². The Hall–Kier alpha value is -1.39. The number of nitrogens with one attached hydrogen (secondary N) is 2. The first-order valence-corrected chi connectivity index (χ1v) is 7.96. The Morgan fingerprint density at radius 2 is 2.10 bits per heavy atom.